The van der Waals surface area contributed by atoms with E-state index in [1.165, 1.54) is 0 Å². The first-order valence-electron chi connectivity index (χ1n) is 8.47. The van der Waals surface area contributed by atoms with Gasteiger partial charge in [-0.05, 0) is 48.5 Å². The van der Waals surface area contributed by atoms with Crippen LogP contribution in [0.3, 0.4) is 0 Å². The van der Waals surface area contributed by atoms with Crippen LogP contribution in [0.5, 0.6) is 0 Å². The van der Waals surface area contributed by atoms with Crippen molar-refractivity contribution < 1.29 is 0 Å². The molecule has 3 rings (SSSR count). The van der Waals surface area contributed by atoms with Gasteiger partial charge in [-0.25, -0.2) is 4.98 Å². The minimum atomic E-state index is 0.571. The quantitative estimate of drug-likeness (QED) is 0.553. The van der Waals surface area contributed by atoms with E-state index in [-0.39, 0.29) is 0 Å². The number of anilines is 1. The summed E-state index contributed by atoms with van der Waals surface area (Å²) in [5, 5.41) is 4.98. The van der Waals surface area contributed by atoms with Gasteiger partial charge in [0.2, 0.25) is 0 Å². The lowest BCUT2D eigenvalue weighted by Crippen LogP contribution is -2.35. The number of aromatic nitrogens is 3. The van der Waals surface area contributed by atoms with Gasteiger partial charge in [-0.15, -0.1) is 0 Å². The van der Waals surface area contributed by atoms with Crippen LogP contribution in [0.4, 0.5) is 5.69 Å². The summed E-state index contributed by atoms with van der Waals surface area (Å²) in [6.45, 7) is 2.29. The highest BCUT2D eigenvalue weighted by Gasteiger charge is 2.13. The van der Waals surface area contributed by atoms with Gasteiger partial charge in [0.1, 0.15) is 0 Å². The van der Waals surface area contributed by atoms with Crippen molar-refractivity contribution in [3.8, 4) is 0 Å². The van der Waals surface area contributed by atoms with Crippen molar-refractivity contribution in [1.29, 1.82) is 0 Å². The molecule has 0 saturated heterocycles. The Balaban J connectivity index is 1.69. The molecular formula is C19H19Cl2N5S. The topological polar surface area (TPSA) is 46.0 Å². The van der Waals surface area contributed by atoms with Crippen molar-refractivity contribution in [3.63, 3.8) is 0 Å². The molecule has 0 spiro atoms. The summed E-state index contributed by atoms with van der Waals surface area (Å²) in [6, 6.07) is 9.22. The molecule has 2 heterocycles. The number of benzene rings is 1. The summed E-state index contributed by atoms with van der Waals surface area (Å²) in [6.07, 6.45) is 10.1. The Hall–Kier alpha value is -2.15. The van der Waals surface area contributed by atoms with Gasteiger partial charge >= 0.3 is 0 Å². The highest BCUT2D eigenvalue weighted by Crippen LogP contribution is 2.26. The molecule has 1 aromatic carbocycles. The first kappa shape index (κ1) is 19.6. The molecule has 8 heteroatoms. The Labute approximate surface area is 174 Å². The van der Waals surface area contributed by atoms with E-state index >= 15 is 0 Å². The van der Waals surface area contributed by atoms with Crippen molar-refractivity contribution in [2.45, 2.75) is 19.5 Å². The average Bonchev–Trinajstić information content (AvgIpc) is 3.18. The molecule has 1 N–H and O–H groups in total. The summed E-state index contributed by atoms with van der Waals surface area (Å²) < 4.78 is 2.05. The van der Waals surface area contributed by atoms with Crippen molar-refractivity contribution in [3.05, 3.63) is 77.1 Å². The molecule has 140 valence electrons. The van der Waals surface area contributed by atoms with Gasteiger partial charge in [0, 0.05) is 49.4 Å². The van der Waals surface area contributed by atoms with E-state index in [0.717, 1.165) is 25.1 Å². The minimum absolute atomic E-state index is 0.571. The normalized spacial score (nSPS) is 10.6. The number of nitrogens with one attached hydrogen (secondary N) is 1. The van der Waals surface area contributed by atoms with Gasteiger partial charge in [-0.3, -0.25) is 4.98 Å². The summed E-state index contributed by atoms with van der Waals surface area (Å²) in [5.41, 5.74) is 1.78. The highest BCUT2D eigenvalue weighted by molar-refractivity contribution is 7.80. The van der Waals surface area contributed by atoms with Crippen LogP contribution in [-0.2, 0) is 13.1 Å². The van der Waals surface area contributed by atoms with Gasteiger partial charge in [0.15, 0.2) is 5.11 Å². The van der Waals surface area contributed by atoms with Crippen molar-refractivity contribution in [1.82, 2.24) is 19.4 Å². The van der Waals surface area contributed by atoms with Crippen LogP contribution in [-0.4, -0.2) is 31.1 Å². The van der Waals surface area contributed by atoms with Gasteiger partial charge < -0.3 is 14.8 Å². The number of imidazole rings is 1. The van der Waals surface area contributed by atoms with Crippen LogP contribution < -0.4 is 5.32 Å². The number of aryl methyl sites for hydroxylation is 1. The molecule has 0 radical (unpaired) electrons. The molecule has 0 amide bonds. The first-order valence-corrected chi connectivity index (χ1v) is 9.64. The fourth-order valence-corrected chi connectivity index (χ4v) is 3.22. The zero-order valence-corrected chi connectivity index (χ0v) is 16.9. The Morgan fingerprint density at radius 2 is 2.07 bits per heavy atom. The SMILES string of the molecule is S=C(Nc1cc(Cl)ccc1Cl)N(CCCn1ccnc1)Cc1cccnc1. The molecule has 0 saturated carbocycles. The first-order chi connectivity index (χ1) is 13.1. The number of nitrogens with zero attached hydrogens (tertiary/aromatic N) is 4. The van der Waals surface area contributed by atoms with E-state index in [4.69, 9.17) is 35.4 Å². The summed E-state index contributed by atoms with van der Waals surface area (Å²) in [5.74, 6) is 0. The molecule has 27 heavy (non-hydrogen) atoms. The third-order valence-corrected chi connectivity index (χ3v) is 4.88. The largest absolute Gasteiger partial charge is 0.345 e. The van der Waals surface area contributed by atoms with Crippen LogP contribution in [0.15, 0.2) is 61.4 Å². The highest BCUT2D eigenvalue weighted by atomic mass is 35.5. The Morgan fingerprint density at radius 1 is 1.19 bits per heavy atom. The lowest BCUT2D eigenvalue weighted by atomic mass is 10.2. The third-order valence-electron chi connectivity index (χ3n) is 3.96. The molecule has 0 bridgehead atoms. The Bertz CT molecular complexity index is 871. The molecule has 3 aromatic rings. The molecule has 0 aliphatic heterocycles. The summed E-state index contributed by atoms with van der Waals surface area (Å²) >= 11 is 18.0. The second-order valence-electron chi connectivity index (χ2n) is 5.99. The molecule has 0 atom stereocenters. The molecule has 0 fully saturated rings. The second kappa shape index (κ2) is 9.69. The molecule has 0 aliphatic rings. The number of thiocarbonyl (C=S) groups is 1. The molecule has 2 aromatic heterocycles. The molecule has 0 aliphatic carbocycles. The van der Waals surface area contributed by atoms with Crippen LogP contribution in [0.25, 0.3) is 0 Å². The van der Waals surface area contributed by atoms with Gasteiger partial charge in [-0.2, -0.15) is 0 Å². The van der Waals surface area contributed by atoms with Gasteiger partial charge in [-0.1, -0.05) is 29.3 Å². The molecule has 0 unspecified atom stereocenters. The maximum absolute atomic E-state index is 6.26. The zero-order valence-electron chi connectivity index (χ0n) is 14.6. The van der Waals surface area contributed by atoms with E-state index in [0.29, 0.717) is 27.4 Å². The fourth-order valence-electron chi connectivity index (χ4n) is 2.62. The number of pyridine rings is 1. The lowest BCUT2D eigenvalue weighted by molar-refractivity contribution is 0.395. The van der Waals surface area contributed by atoms with Crippen molar-refractivity contribution >= 4 is 46.2 Å². The molecule has 5 nitrogen and oxygen atoms in total. The van der Waals surface area contributed by atoms with Crippen LogP contribution >= 0.6 is 35.4 Å². The number of halogens is 2. The Morgan fingerprint density at radius 3 is 2.81 bits per heavy atom. The number of rotatable bonds is 7. The smallest absolute Gasteiger partial charge is 0.173 e. The fraction of sp³-hybridized carbons (Fsp3) is 0.211. The number of hydrogen-bond acceptors (Lipinski definition) is 3. The van der Waals surface area contributed by atoms with Crippen LogP contribution in [0.2, 0.25) is 10.0 Å². The monoisotopic (exact) mass is 419 g/mol. The maximum atomic E-state index is 6.26. The predicted molar refractivity (Wildman–Crippen MR) is 114 cm³/mol. The predicted octanol–water partition coefficient (Wildman–Crippen LogP) is 4.87. The summed E-state index contributed by atoms with van der Waals surface area (Å²) in [4.78, 5) is 10.4. The van der Waals surface area contributed by atoms with Crippen molar-refractivity contribution in [2.75, 3.05) is 11.9 Å². The minimum Gasteiger partial charge on any atom is -0.345 e. The molecular weight excluding hydrogens is 401 g/mol. The van der Waals surface area contributed by atoms with Gasteiger partial charge in [0.05, 0.1) is 17.0 Å². The lowest BCUT2D eigenvalue weighted by Gasteiger charge is -2.26. The van der Waals surface area contributed by atoms with Gasteiger partial charge in [0.25, 0.3) is 0 Å². The number of hydrogen-bond donors (Lipinski definition) is 1. The third kappa shape index (κ3) is 5.92. The summed E-state index contributed by atoms with van der Waals surface area (Å²) in [7, 11) is 0. The van der Waals surface area contributed by atoms with Crippen molar-refractivity contribution in [2.24, 2.45) is 0 Å². The van der Waals surface area contributed by atoms with Crippen LogP contribution in [0, 0.1) is 0 Å². The van der Waals surface area contributed by atoms with E-state index in [2.05, 4.69) is 20.2 Å². The second-order valence-corrected chi connectivity index (χ2v) is 7.22. The van der Waals surface area contributed by atoms with Crippen LogP contribution in [0.1, 0.15) is 12.0 Å². The van der Waals surface area contributed by atoms with E-state index in [1.54, 1.807) is 30.6 Å². The van der Waals surface area contributed by atoms with E-state index < -0.39 is 0 Å². The van der Waals surface area contributed by atoms with E-state index in [1.807, 2.05) is 35.4 Å². The van der Waals surface area contributed by atoms with E-state index in [9.17, 15) is 0 Å². The standard InChI is InChI=1S/C19H19Cl2N5S/c20-16-4-5-17(21)18(11-16)24-19(27)26(13-15-3-1-6-22-12-15)9-2-8-25-10-7-23-14-25/h1,3-7,10-12,14H,2,8-9,13H2,(H,24,27). The average molecular weight is 420 g/mol. The Kier molecular flexibility index (Phi) is 7.04. The zero-order chi connectivity index (χ0) is 19.1. The maximum Gasteiger partial charge on any atom is 0.173 e.